The van der Waals surface area contributed by atoms with E-state index in [4.69, 9.17) is 14.6 Å². The molecule has 0 saturated carbocycles. The van der Waals surface area contributed by atoms with Gasteiger partial charge in [-0.05, 0) is 55.0 Å². The number of carbonyl (C=O) groups is 3. The summed E-state index contributed by atoms with van der Waals surface area (Å²) in [4.78, 5) is 55.2. The average Bonchev–Trinajstić information content (AvgIpc) is 3.94. The molecule has 0 spiro atoms. The largest absolute Gasteiger partial charge is 0.455 e. The SMILES string of the molecule is CON=C(C(=O)NC1C(=O)N2C(C(=O)OC(C)(C)C)=C(C=C(C)[n+]3cccc4ccsc43)SCC12)c1csc(NC(c2ccccc2)(c2ccccc2)c2ccccc2)n1. The Morgan fingerprint density at radius 1 is 0.900 bits per heavy atom. The van der Waals surface area contributed by atoms with Gasteiger partial charge in [0.15, 0.2) is 22.7 Å². The first-order valence-electron chi connectivity index (χ1n) is 19.3. The molecule has 11 nitrogen and oxygen atoms in total. The second kappa shape index (κ2) is 16.9. The highest BCUT2D eigenvalue weighted by Crippen LogP contribution is 2.42. The van der Waals surface area contributed by atoms with Crippen molar-refractivity contribution in [2.24, 2.45) is 5.16 Å². The smallest absolute Gasteiger partial charge is 0.356 e. The Bertz CT molecular complexity index is 2560. The lowest BCUT2D eigenvalue weighted by molar-refractivity contribution is -0.550. The van der Waals surface area contributed by atoms with Crippen LogP contribution in [0.25, 0.3) is 15.9 Å². The maximum absolute atomic E-state index is 14.1. The van der Waals surface area contributed by atoms with E-state index in [0.717, 1.165) is 32.6 Å². The van der Waals surface area contributed by atoms with Gasteiger partial charge in [-0.25, -0.2) is 9.78 Å². The van der Waals surface area contributed by atoms with E-state index in [2.05, 4.69) is 68.9 Å². The number of hydrogen-bond donors (Lipinski definition) is 2. The molecule has 8 rings (SSSR count). The molecule has 2 aliphatic rings. The van der Waals surface area contributed by atoms with Gasteiger partial charge in [0.1, 0.15) is 35.7 Å². The molecule has 3 aromatic carbocycles. The monoisotopic (exact) mass is 855 g/mol. The summed E-state index contributed by atoms with van der Waals surface area (Å²) in [5.41, 5.74) is 2.52. The van der Waals surface area contributed by atoms with Crippen LogP contribution in [0, 0.1) is 0 Å². The van der Waals surface area contributed by atoms with Gasteiger partial charge in [-0.2, -0.15) is 4.57 Å². The van der Waals surface area contributed by atoms with Crippen molar-refractivity contribution in [3.63, 3.8) is 0 Å². The molecule has 2 N–H and O–H groups in total. The number of fused-ring (bicyclic) bond motifs is 2. The molecule has 14 heteroatoms. The van der Waals surface area contributed by atoms with Crippen LogP contribution in [0.4, 0.5) is 5.13 Å². The molecule has 60 heavy (non-hydrogen) atoms. The Morgan fingerprint density at radius 2 is 1.53 bits per heavy atom. The second-order valence-electron chi connectivity index (χ2n) is 15.2. The van der Waals surface area contributed by atoms with E-state index in [1.807, 2.05) is 85.2 Å². The van der Waals surface area contributed by atoms with Gasteiger partial charge in [-0.1, -0.05) is 107 Å². The van der Waals surface area contributed by atoms with Crippen LogP contribution in [0.15, 0.2) is 148 Å². The van der Waals surface area contributed by atoms with Crippen LogP contribution in [-0.4, -0.2) is 63.9 Å². The summed E-state index contributed by atoms with van der Waals surface area (Å²) in [7, 11) is 1.35. The van der Waals surface area contributed by atoms with E-state index in [9.17, 15) is 14.4 Å². The third-order valence-corrected chi connectivity index (χ3v) is 13.0. The Morgan fingerprint density at radius 3 is 2.13 bits per heavy atom. The van der Waals surface area contributed by atoms with E-state index in [1.165, 1.54) is 35.1 Å². The molecule has 0 bridgehead atoms. The zero-order chi connectivity index (χ0) is 42.0. The minimum absolute atomic E-state index is 0.0943. The number of hydrogen-bond acceptors (Lipinski definition) is 11. The number of oxime groups is 1. The molecule has 2 atom stereocenters. The summed E-state index contributed by atoms with van der Waals surface area (Å²) in [6.07, 6.45) is 3.89. The predicted octanol–water partition coefficient (Wildman–Crippen LogP) is 7.96. The first-order valence-corrected chi connectivity index (χ1v) is 22.1. The highest BCUT2D eigenvalue weighted by molar-refractivity contribution is 8.03. The molecule has 2 unspecified atom stereocenters. The Labute approximate surface area is 360 Å². The van der Waals surface area contributed by atoms with Crippen LogP contribution in [0.5, 0.6) is 0 Å². The van der Waals surface area contributed by atoms with Gasteiger partial charge in [-0.3, -0.25) is 14.5 Å². The lowest BCUT2D eigenvalue weighted by atomic mass is 9.77. The number of aromatic nitrogens is 2. The molecule has 6 aromatic rings. The van der Waals surface area contributed by atoms with Crippen LogP contribution in [0.1, 0.15) is 50.1 Å². The zero-order valence-corrected chi connectivity index (χ0v) is 36.1. The maximum Gasteiger partial charge on any atom is 0.356 e. The van der Waals surface area contributed by atoms with Gasteiger partial charge in [-0.15, -0.1) is 23.1 Å². The number of carbonyl (C=O) groups excluding carboxylic acids is 3. The van der Waals surface area contributed by atoms with Crippen molar-refractivity contribution in [3.8, 4) is 0 Å². The number of benzene rings is 3. The number of nitrogens with one attached hydrogen (secondary N) is 2. The van der Waals surface area contributed by atoms with E-state index in [-0.39, 0.29) is 17.1 Å². The Balaban J connectivity index is 1.07. The second-order valence-corrected chi connectivity index (χ2v) is 18.0. The normalized spacial score (nSPS) is 17.2. The van der Waals surface area contributed by atoms with Crippen LogP contribution < -0.4 is 15.2 Å². The summed E-state index contributed by atoms with van der Waals surface area (Å²) in [6, 6.07) is 35.0. The predicted molar refractivity (Wildman–Crippen MR) is 238 cm³/mol. The molecule has 3 aromatic heterocycles. The van der Waals surface area contributed by atoms with E-state index < -0.39 is 41.0 Å². The van der Waals surface area contributed by atoms with Gasteiger partial charge < -0.3 is 20.2 Å². The molecule has 1 fully saturated rings. The molecule has 0 radical (unpaired) electrons. The summed E-state index contributed by atoms with van der Waals surface area (Å²) >= 11 is 4.38. The molecule has 1 saturated heterocycles. The highest BCUT2D eigenvalue weighted by Gasteiger charge is 2.54. The van der Waals surface area contributed by atoms with Crippen LogP contribution in [0.3, 0.4) is 0 Å². The number of anilines is 1. The van der Waals surface area contributed by atoms with Gasteiger partial charge in [0.2, 0.25) is 0 Å². The minimum Gasteiger partial charge on any atom is -0.455 e. The topological polar surface area (TPSA) is 126 Å². The number of nitrogens with zero attached hydrogens (tertiary/aromatic N) is 4. The number of rotatable bonds is 12. The van der Waals surface area contributed by atoms with Crippen molar-refractivity contribution in [1.29, 1.82) is 0 Å². The Kier molecular flexibility index (Phi) is 11.4. The summed E-state index contributed by atoms with van der Waals surface area (Å²) in [5.74, 6) is -1.25. The number of β-lactam (4-membered cyclic amide) rings is 1. The quantitative estimate of drug-likeness (QED) is 0.0318. The number of pyridine rings is 1. The van der Waals surface area contributed by atoms with Gasteiger partial charge in [0.25, 0.3) is 16.6 Å². The summed E-state index contributed by atoms with van der Waals surface area (Å²) in [5, 5.41) is 16.1. The summed E-state index contributed by atoms with van der Waals surface area (Å²) < 4.78 is 7.91. The van der Waals surface area contributed by atoms with Gasteiger partial charge in [0.05, 0.1) is 11.4 Å². The van der Waals surface area contributed by atoms with Crippen LogP contribution in [-0.2, 0) is 29.5 Å². The fraction of sp³-hybridized carbons (Fsp3) is 0.217. The number of ether oxygens (including phenoxy) is 1. The fourth-order valence-corrected chi connectivity index (χ4v) is 10.5. The molecule has 2 amide bonds. The minimum atomic E-state index is -0.927. The van der Waals surface area contributed by atoms with Crippen molar-refractivity contribution in [1.82, 2.24) is 15.2 Å². The first kappa shape index (κ1) is 40.7. The average molecular weight is 856 g/mol. The zero-order valence-electron chi connectivity index (χ0n) is 33.6. The number of esters is 1. The highest BCUT2D eigenvalue weighted by atomic mass is 32.2. The first-order chi connectivity index (χ1) is 29.0. The van der Waals surface area contributed by atoms with Gasteiger partial charge in [0, 0.05) is 35.1 Å². The molecule has 5 heterocycles. The van der Waals surface area contributed by atoms with Crippen molar-refractivity contribution in [2.75, 3.05) is 18.2 Å². The molecular formula is C46H43N6O5S3+. The number of thiazole rings is 1. The Hall–Kier alpha value is -6.09. The number of allylic oxidation sites excluding steroid dienone is 2. The standard InChI is InChI=1S/C46H42N6O5S3/c1-29(51-24-15-16-30-23-25-58-42(30)51)26-36-39(43(55)57-45(2,3)4)52-35(28-59-36)38(41(52)54)48-40(53)37(50-56-5)34-27-60-44(47-34)49-46(31-17-9-6-10-18-31,32-19-11-7-12-20-32)33-21-13-8-14-22-33/h6-27,35,38H,28H2,1-5H3,(H-,47,48,49,53)/p+1. The fourth-order valence-electron chi connectivity index (χ4n) is 7.51. The molecule has 304 valence electrons. The van der Waals surface area contributed by atoms with E-state index in [1.54, 1.807) is 37.5 Å². The van der Waals surface area contributed by atoms with Crippen LogP contribution >= 0.6 is 34.4 Å². The maximum atomic E-state index is 14.1. The number of thiophene rings is 1. The van der Waals surface area contributed by atoms with E-state index >= 15 is 0 Å². The third kappa shape index (κ3) is 7.85. The lowest BCUT2D eigenvalue weighted by Crippen LogP contribution is -2.73. The van der Waals surface area contributed by atoms with E-state index in [0.29, 0.717) is 15.8 Å². The van der Waals surface area contributed by atoms with Crippen molar-refractivity contribution >= 4 is 79.0 Å². The van der Waals surface area contributed by atoms with Crippen molar-refractivity contribution < 1.29 is 28.5 Å². The number of thioether (sulfide) groups is 1. The molecule has 0 aliphatic carbocycles. The van der Waals surface area contributed by atoms with Crippen molar-refractivity contribution in [2.45, 2.75) is 50.9 Å². The van der Waals surface area contributed by atoms with Crippen molar-refractivity contribution in [3.05, 3.63) is 165 Å². The summed E-state index contributed by atoms with van der Waals surface area (Å²) in [6.45, 7) is 7.33. The van der Waals surface area contributed by atoms with Crippen LogP contribution in [0.2, 0.25) is 0 Å². The van der Waals surface area contributed by atoms with Gasteiger partial charge >= 0.3 is 5.97 Å². The number of amides is 2. The third-order valence-electron chi connectivity index (χ3n) is 10.2. The molecular weight excluding hydrogens is 813 g/mol. The lowest BCUT2D eigenvalue weighted by Gasteiger charge is -2.50. The molecule has 2 aliphatic heterocycles.